The second-order valence-corrected chi connectivity index (χ2v) is 5.38. The Balaban J connectivity index is 2.77. The van der Waals surface area contributed by atoms with E-state index >= 15 is 0 Å². The topological polar surface area (TPSA) is 88.5 Å². The van der Waals surface area contributed by atoms with Crippen LogP contribution in [0, 0.1) is 11.8 Å². The number of nitrogens with one attached hydrogen (secondary N) is 1. The van der Waals surface area contributed by atoms with Gasteiger partial charge in [0.2, 0.25) is 10.0 Å². The molecule has 0 aliphatic heterocycles. The van der Waals surface area contributed by atoms with Crippen LogP contribution in [0.3, 0.4) is 0 Å². The van der Waals surface area contributed by atoms with Gasteiger partial charge in [0, 0.05) is 38.2 Å². The lowest BCUT2D eigenvalue weighted by Crippen LogP contribution is -2.25. The highest BCUT2D eigenvalue weighted by molar-refractivity contribution is 7.89. The van der Waals surface area contributed by atoms with Gasteiger partial charge in [-0.2, -0.15) is 0 Å². The molecule has 0 radical (unpaired) electrons. The average molecular weight is 284 g/mol. The van der Waals surface area contributed by atoms with E-state index in [-0.39, 0.29) is 11.5 Å². The lowest BCUT2D eigenvalue weighted by molar-refractivity contribution is 0.196. The number of nitrogens with zero attached hydrogens (tertiary/aromatic N) is 1. The fourth-order valence-corrected chi connectivity index (χ4v) is 2.34. The van der Waals surface area contributed by atoms with Crippen LogP contribution in [0.1, 0.15) is 12.0 Å². The number of aliphatic hydroxyl groups excluding tert-OH is 1. The van der Waals surface area contributed by atoms with Crippen molar-refractivity contribution >= 4 is 10.0 Å². The van der Waals surface area contributed by atoms with Crippen LogP contribution in [0.5, 0.6) is 0 Å². The third-order valence-electron chi connectivity index (χ3n) is 2.15. The smallest absolute Gasteiger partial charge is 0.242 e. The molecule has 19 heavy (non-hydrogen) atoms. The van der Waals surface area contributed by atoms with Gasteiger partial charge in [-0.1, -0.05) is 11.8 Å². The lowest BCUT2D eigenvalue weighted by atomic mass is 10.3. The SMILES string of the molecule is COCCCNS(=O)(=O)c1cncc(C#CCO)c1. The van der Waals surface area contributed by atoms with Gasteiger partial charge in [-0.25, -0.2) is 13.1 Å². The number of ether oxygens (including phenoxy) is 1. The van der Waals surface area contributed by atoms with Gasteiger partial charge in [0.1, 0.15) is 11.5 Å². The van der Waals surface area contributed by atoms with Crippen LogP contribution in [-0.4, -0.2) is 45.4 Å². The van der Waals surface area contributed by atoms with Crippen LogP contribution < -0.4 is 4.72 Å². The van der Waals surface area contributed by atoms with Gasteiger partial charge < -0.3 is 9.84 Å². The van der Waals surface area contributed by atoms with Crippen molar-refractivity contribution in [3.63, 3.8) is 0 Å². The maximum atomic E-state index is 11.9. The quantitative estimate of drug-likeness (QED) is 0.555. The number of hydrogen-bond donors (Lipinski definition) is 2. The zero-order valence-corrected chi connectivity index (χ0v) is 11.4. The highest BCUT2D eigenvalue weighted by Gasteiger charge is 2.13. The van der Waals surface area contributed by atoms with Gasteiger partial charge in [0.25, 0.3) is 0 Å². The molecule has 1 rings (SSSR count). The molecule has 7 heteroatoms. The molecule has 1 aromatic heterocycles. The monoisotopic (exact) mass is 284 g/mol. The first-order chi connectivity index (χ1) is 9.10. The highest BCUT2D eigenvalue weighted by atomic mass is 32.2. The Labute approximate surface area is 112 Å². The highest BCUT2D eigenvalue weighted by Crippen LogP contribution is 2.08. The molecule has 0 fully saturated rings. The summed E-state index contributed by atoms with van der Waals surface area (Å²) >= 11 is 0. The Bertz CT molecular complexity index is 561. The van der Waals surface area contributed by atoms with Crippen LogP contribution in [0.25, 0.3) is 0 Å². The van der Waals surface area contributed by atoms with E-state index in [0.717, 1.165) is 0 Å². The largest absolute Gasteiger partial charge is 0.385 e. The summed E-state index contributed by atoms with van der Waals surface area (Å²) in [5.41, 5.74) is 0.439. The van der Waals surface area contributed by atoms with E-state index in [1.807, 2.05) is 0 Å². The number of hydrogen-bond acceptors (Lipinski definition) is 5. The first-order valence-electron chi connectivity index (χ1n) is 5.63. The first-order valence-corrected chi connectivity index (χ1v) is 7.12. The van der Waals surface area contributed by atoms with E-state index in [0.29, 0.717) is 25.1 Å². The predicted molar refractivity (Wildman–Crippen MR) is 69.9 cm³/mol. The zero-order valence-electron chi connectivity index (χ0n) is 10.6. The molecule has 0 bridgehead atoms. The van der Waals surface area contributed by atoms with Gasteiger partial charge in [0.05, 0.1) is 0 Å². The summed E-state index contributed by atoms with van der Waals surface area (Å²) in [6.07, 6.45) is 3.28. The van der Waals surface area contributed by atoms with E-state index in [1.54, 1.807) is 7.11 Å². The Morgan fingerprint density at radius 1 is 1.47 bits per heavy atom. The van der Waals surface area contributed by atoms with Crippen LogP contribution in [0.2, 0.25) is 0 Å². The summed E-state index contributed by atoms with van der Waals surface area (Å²) < 4.78 is 31.1. The summed E-state index contributed by atoms with van der Waals surface area (Å²) in [6, 6.07) is 1.41. The molecule has 0 spiro atoms. The molecule has 0 saturated carbocycles. The molecule has 0 unspecified atom stereocenters. The number of aliphatic hydroxyl groups is 1. The third kappa shape index (κ3) is 5.36. The maximum Gasteiger partial charge on any atom is 0.242 e. The minimum absolute atomic E-state index is 0.0506. The standard InChI is InChI=1S/C12H16N2O4S/c1-18-7-3-5-14-19(16,17)12-8-11(4-2-6-15)9-13-10-12/h8-10,14-15H,3,5-7H2,1H3. The van der Waals surface area contributed by atoms with E-state index in [1.165, 1.54) is 18.5 Å². The number of sulfonamides is 1. The normalized spacial score (nSPS) is 10.8. The Hall–Kier alpha value is -1.46. The Morgan fingerprint density at radius 3 is 2.95 bits per heavy atom. The van der Waals surface area contributed by atoms with E-state index in [2.05, 4.69) is 21.5 Å². The molecule has 0 aromatic carbocycles. The van der Waals surface area contributed by atoms with Gasteiger partial charge in [0.15, 0.2) is 0 Å². The summed E-state index contributed by atoms with van der Waals surface area (Å²) in [5.74, 6) is 5.05. The minimum atomic E-state index is -3.59. The average Bonchev–Trinajstić information content (AvgIpc) is 2.42. The van der Waals surface area contributed by atoms with Crippen LogP contribution in [0.15, 0.2) is 23.4 Å². The molecule has 1 aromatic rings. The van der Waals surface area contributed by atoms with Gasteiger partial charge in [-0.3, -0.25) is 4.98 Å². The molecule has 0 amide bonds. The molecular weight excluding hydrogens is 268 g/mol. The molecule has 0 aliphatic carbocycles. The molecule has 1 heterocycles. The van der Waals surface area contributed by atoms with Crippen LogP contribution in [0.4, 0.5) is 0 Å². The summed E-state index contributed by atoms with van der Waals surface area (Å²) in [4.78, 5) is 3.87. The summed E-state index contributed by atoms with van der Waals surface area (Å²) in [6.45, 7) is 0.498. The van der Waals surface area contributed by atoms with Crippen molar-refractivity contribution < 1.29 is 18.3 Å². The van der Waals surface area contributed by atoms with Crippen molar-refractivity contribution in [1.29, 1.82) is 0 Å². The van der Waals surface area contributed by atoms with Crippen LogP contribution >= 0.6 is 0 Å². The predicted octanol–water partition coefficient (Wildman–Crippen LogP) is -0.260. The van der Waals surface area contributed by atoms with Gasteiger partial charge in [-0.15, -0.1) is 0 Å². The van der Waals surface area contributed by atoms with E-state index in [4.69, 9.17) is 9.84 Å². The van der Waals surface area contributed by atoms with E-state index < -0.39 is 10.0 Å². The van der Waals surface area contributed by atoms with Crippen molar-refractivity contribution in [3.05, 3.63) is 24.0 Å². The van der Waals surface area contributed by atoms with Crippen molar-refractivity contribution in [2.75, 3.05) is 26.9 Å². The molecule has 0 saturated heterocycles. The van der Waals surface area contributed by atoms with E-state index in [9.17, 15) is 8.42 Å². The molecule has 6 nitrogen and oxygen atoms in total. The second kappa shape index (κ2) is 7.86. The fraction of sp³-hybridized carbons (Fsp3) is 0.417. The van der Waals surface area contributed by atoms with Crippen LogP contribution in [-0.2, 0) is 14.8 Å². The molecule has 2 N–H and O–H groups in total. The van der Waals surface area contributed by atoms with Crippen molar-refractivity contribution in [2.24, 2.45) is 0 Å². The maximum absolute atomic E-state index is 11.9. The molecule has 0 atom stereocenters. The first kappa shape index (κ1) is 15.6. The summed E-state index contributed by atoms with van der Waals surface area (Å²) in [7, 11) is -2.03. The molecule has 104 valence electrons. The van der Waals surface area contributed by atoms with Gasteiger partial charge >= 0.3 is 0 Å². The van der Waals surface area contributed by atoms with Gasteiger partial charge in [-0.05, 0) is 12.5 Å². The molecular formula is C12H16N2O4S. The fourth-order valence-electron chi connectivity index (χ4n) is 1.28. The zero-order chi connectivity index (χ0) is 14.1. The van der Waals surface area contributed by atoms with Crippen molar-refractivity contribution in [1.82, 2.24) is 9.71 Å². The number of aromatic nitrogens is 1. The van der Waals surface area contributed by atoms with Crippen molar-refractivity contribution in [2.45, 2.75) is 11.3 Å². The second-order valence-electron chi connectivity index (χ2n) is 3.61. The number of methoxy groups -OCH3 is 1. The number of pyridine rings is 1. The number of rotatable bonds is 6. The minimum Gasteiger partial charge on any atom is -0.385 e. The lowest BCUT2D eigenvalue weighted by Gasteiger charge is -2.06. The van der Waals surface area contributed by atoms with Crippen molar-refractivity contribution in [3.8, 4) is 11.8 Å². The third-order valence-corrected chi connectivity index (χ3v) is 3.58. The summed E-state index contributed by atoms with van der Waals surface area (Å²) in [5, 5.41) is 8.59. The Morgan fingerprint density at radius 2 is 2.26 bits per heavy atom. The molecule has 0 aliphatic rings. The Kier molecular flexibility index (Phi) is 6.45.